The number of rotatable bonds is 6. The van der Waals surface area contributed by atoms with Gasteiger partial charge in [-0.05, 0) is 24.3 Å². The summed E-state index contributed by atoms with van der Waals surface area (Å²) in [7, 11) is 1.26. The maximum absolute atomic E-state index is 12.4. The SMILES string of the molecule is COC(=O)c1ccccc1NC(=O)CC(=O)Nc1ccccc1N1CCOCC1. The van der Waals surface area contributed by atoms with Crippen LogP contribution in [0.15, 0.2) is 48.5 Å². The van der Waals surface area contributed by atoms with Gasteiger partial charge in [0.15, 0.2) is 0 Å². The molecule has 2 amide bonds. The smallest absolute Gasteiger partial charge is 0.339 e. The van der Waals surface area contributed by atoms with Crippen molar-refractivity contribution in [3.05, 3.63) is 54.1 Å². The van der Waals surface area contributed by atoms with E-state index in [9.17, 15) is 14.4 Å². The minimum Gasteiger partial charge on any atom is -0.465 e. The molecule has 2 N–H and O–H groups in total. The molecule has 152 valence electrons. The van der Waals surface area contributed by atoms with Gasteiger partial charge >= 0.3 is 5.97 Å². The van der Waals surface area contributed by atoms with E-state index in [1.54, 1.807) is 30.3 Å². The molecule has 1 aliphatic heterocycles. The number of anilines is 3. The molecular formula is C21H23N3O5. The molecule has 2 aromatic rings. The van der Waals surface area contributed by atoms with Crippen molar-refractivity contribution in [2.24, 2.45) is 0 Å². The fraction of sp³-hybridized carbons (Fsp3) is 0.286. The molecule has 29 heavy (non-hydrogen) atoms. The zero-order chi connectivity index (χ0) is 20.6. The molecule has 1 aliphatic rings. The number of hydrogen-bond acceptors (Lipinski definition) is 6. The summed E-state index contributed by atoms with van der Waals surface area (Å²) in [5.74, 6) is -1.54. The highest BCUT2D eigenvalue weighted by molar-refractivity contribution is 6.10. The maximum atomic E-state index is 12.4. The van der Waals surface area contributed by atoms with E-state index in [4.69, 9.17) is 9.47 Å². The molecule has 0 aliphatic carbocycles. The highest BCUT2D eigenvalue weighted by Crippen LogP contribution is 2.26. The van der Waals surface area contributed by atoms with Crippen LogP contribution in [0.5, 0.6) is 0 Å². The number of nitrogens with one attached hydrogen (secondary N) is 2. The Kier molecular flexibility index (Phi) is 6.80. The average Bonchev–Trinajstić information content (AvgIpc) is 2.74. The summed E-state index contributed by atoms with van der Waals surface area (Å²) >= 11 is 0. The summed E-state index contributed by atoms with van der Waals surface area (Å²) in [4.78, 5) is 38.7. The van der Waals surface area contributed by atoms with Gasteiger partial charge in [0.25, 0.3) is 0 Å². The predicted molar refractivity (Wildman–Crippen MR) is 109 cm³/mol. The van der Waals surface area contributed by atoms with Crippen molar-refractivity contribution in [1.29, 1.82) is 0 Å². The summed E-state index contributed by atoms with van der Waals surface area (Å²) in [5.41, 5.74) is 2.05. The third kappa shape index (κ3) is 5.32. The van der Waals surface area contributed by atoms with Gasteiger partial charge in [0, 0.05) is 13.1 Å². The first-order chi connectivity index (χ1) is 14.1. The number of ether oxygens (including phenoxy) is 2. The van der Waals surface area contributed by atoms with Crippen molar-refractivity contribution in [2.75, 3.05) is 48.9 Å². The fourth-order valence-corrected chi connectivity index (χ4v) is 3.07. The number of para-hydroxylation sites is 3. The van der Waals surface area contributed by atoms with Crippen LogP contribution in [0.4, 0.5) is 17.1 Å². The van der Waals surface area contributed by atoms with Gasteiger partial charge in [-0.2, -0.15) is 0 Å². The topological polar surface area (TPSA) is 97.0 Å². The minimum absolute atomic E-state index is 0.224. The van der Waals surface area contributed by atoms with E-state index >= 15 is 0 Å². The summed E-state index contributed by atoms with van der Waals surface area (Å²) < 4.78 is 10.1. The molecule has 0 saturated carbocycles. The third-order valence-corrected chi connectivity index (χ3v) is 4.46. The van der Waals surface area contributed by atoms with Crippen LogP contribution in [0.3, 0.4) is 0 Å². The lowest BCUT2D eigenvalue weighted by molar-refractivity contribution is -0.123. The quantitative estimate of drug-likeness (QED) is 0.573. The first kappa shape index (κ1) is 20.3. The van der Waals surface area contributed by atoms with E-state index in [1.807, 2.05) is 18.2 Å². The first-order valence-electron chi connectivity index (χ1n) is 9.27. The van der Waals surface area contributed by atoms with Crippen molar-refractivity contribution in [1.82, 2.24) is 0 Å². The van der Waals surface area contributed by atoms with Gasteiger partial charge in [0.1, 0.15) is 6.42 Å². The van der Waals surface area contributed by atoms with Crippen LogP contribution in [0.2, 0.25) is 0 Å². The van der Waals surface area contributed by atoms with Crippen LogP contribution in [0, 0.1) is 0 Å². The van der Waals surface area contributed by atoms with Gasteiger partial charge in [-0.15, -0.1) is 0 Å². The van der Waals surface area contributed by atoms with Crippen molar-refractivity contribution in [3.8, 4) is 0 Å². The van der Waals surface area contributed by atoms with Crippen LogP contribution in [0.1, 0.15) is 16.8 Å². The van der Waals surface area contributed by atoms with Crippen LogP contribution in [-0.2, 0) is 19.1 Å². The van der Waals surface area contributed by atoms with Gasteiger partial charge in [0.2, 0.25) is 11.8 Å². The molecule has 3 rings (SSSR count). The Morgan fingerprint density at radius 1 is 0.931 bits per heavy atom. The van der Waals surface area contributed by atoms with Crippen LogP contribution < -0.4 is 15.5 Å². The molecule has 0 atom stereocenters. The molecular weight excluding hydrogens is 374 g/mol. The summed E-state index contributed by atoms with van der Waals surface area (Å²) in [6.07, 6.45) is -0.382. The van der Waals surface area contributed by atoms with Gasteiger partial charge < -0.3 is 25.0 Å². The number of morpholine rings is 1. The zero-order valence-corrected chi connectivity index (χ0v) is 16.1. The standard InChI is InChI=1S/C21H23N3O5/c1-28-21(27)15-6-2-3-7-16(15)22-19(25)14-20(26)23-17-8-4-5-9-18(17)24-10-12-29-13-11-24/h2-9H,10-14H2,1H3,(H,22,25)(H,23,26). The lowest BCUT2D eigenvalue weighted by Gasteiger charge is -2.30. The third-order valence-electron chi connectivity index (χ3n) is 4.46. The van der Waals surface area contributed by atoms with Gasteiger partial charge in [-0.3, -0.25) is 9.59 Å². The summed E-state index contributed by atoms with van der Waals surface area (Å²) in [6.45, 7) is 2.73. The van der Waals surface area contributed by atoms with Crippen molar-refractivity contribution in [3.63, 3.8) is 0 Å². The van der Waals surface area contributed by atoms with Gasteiger partial charge in [0.05, 0.1) is 42.9 Å². The van der Waals surface area contributed by atoms with E-state index < -0.39 is 17.8 Å². The largest absolute Gasteiger partial charge is 0.465 e. The monoisotopic (exact) mass is 397 g/mol. The van der Waals surface area contributed by atoms with Crippen LogP contribution >= 0.6 is 0 Å². The number of carbonyl (C=O) groups excluding carboxylic acids is 3. The Morgan fingerprint density at radius 2 is 1.52 bits per heavy atom. The molecule has 0 bridgehead atoms. The molecule has 8 heteroatoms. The van der Waals surface area contributed by atoms with E-state index in [0.717, 1.165) is 18.8 Å². The van der Waals surface area contributed by atoms with Crippen molar-refractivity contribution in [2.45, 2.75) is 6.42 Å². The molecule has 0 spiro atoms. The Balaban J connectivity index is 1.63. The normalized spacial score (nSPS) is 13.5. The summed E-state index contributed by atoms with van der Waals surface area (Å²) in [6, 6.07) is 13.9. The van der Waals surface area contributed by atoms with Crippen molar-refractivity contribution < 1.29 is 23.9 Å². The molecule has 1 heterocycles. The summed E-state index contributed by atoms with van der Waals surface area (Å²) in [5, 5.41) is 5.39. The predicted octanol–water partition coefficient (Wildman–Crippen LogP) is 2.28. The molecule has 1 saturated heterocycles. The Labute approximate surface area is 168 Å². The molecule has 2 aromatic carbocycles. The highest BCUT2D eigenvalue weighted by Gasteiger charge is 2.18. The van der Waals surface area contributed by atoms with E-state index in [0.29, 0.717) is 24.6 Å². The molecule has 8 nitrogen and oxygen atoms in total. The van der Waals surface area contributed by atoms with E-state index in [1.165, 1.54) is 7.11 Å². The Bertz CT molecular complexity index is 893. The fourth-order valence-electron chi connectivity index (χ4n) is 3.07. The average molecular weight is 397 g/mol. The first-order valence-corrected chi connectivity index (χ1v) is 9.27. The van der Waals surface area contributed by atoms with Crippen molar-refractivity contribution >= 4 is 34.8 Å². The second-order valence-corrected chi connectivity index (χ2v) is 6.43. The van der Waals surface area contributed by atoms with E-state index in [2.05, 4.69) is 15.5 Å². The Hall–Kier alpha value is -3.39. The lowest BCUT2D eigenvalue weighted by Crippen LogP contribution is -2.36. The number of benzene rings is 2. The van der Waals surface area contributed by atoms with Crippen LogP contribution in [0.25, 0.3) is 0 Å². The maximum Gasteiger partial charge on any atom is 0.339 e. The van der Waals surface area contributed by atoms with Gasteiger partial charge in [-0.25, -0.2) is 4.79 Å². The lowest BCUT2D eigenvalue weighted by atomic mass is 10.1. The highest BCUT2D eigenvalue weighted by atomic mass is 16.5. The van der Waals surface area contributed by atoms with Crippen LogP contribution in [-0.4, -0.2) is 51.2 Å². The number of methoxy groups -OCH3 is 1. The molecule has 0 aromatic heterocycles. The molecule has 0 unspecified atom stereocenters. The number of nitrogens with zero attached hydrogens (tertiary/aromatic N) is 1. The molecule has 1 fully saturated rings. The second kappa shape index (κ2) is 9.70. The second-order valence-electron chi connectivity index (χ2n) is 6.43. The van der Waals surface area contributed by atoms with E-state index in [-0.39, 0.29) is 12.0 Å². The number of amides is 2. The van der Waals surface area contributed by atoms with Gasteiger partial charge in [-0.1, -0.05) is 24.3 Å². The zero-order valence-electron chi connectivity index (χ0n) is 16.1. The number of carbonyl (C=O) groups is 3. The number of hydrogen-bond donors (Lipinski definition) is 2. The number of esters is 1. The minimum atomic E-state index is -0.565. The Morgan fingerprint density at radius 3 is 2.21 bits per heavy atom. The molecule has 0 radical (unpaired) electrons.